The fraction of sp³-hybridized carbons (Fsp3) is 0.250. The lowest BCUT2D eigenvalue weighted by molar-refractivity contribution is -0.129. The summed E-state index contributed by atoms with van der Waals surface area (Å²) in [5.41, 5.74) is 8.51. The average molecular weight is 351 g/mol. The summed E-state index contributed by atoms with van der Waals surface area (Å²) in [5.74, 6) is -1.13. The predicted molar refractivity (Wildman–Crippen MR) is 97.9 cm³/mol. The van der Waals surface area contributed by atoms with Crippen LogP contribution in [0.3, 0.4) is 0 Å². The Hall–Kier alpha value is -3.15. The van der Waals surface area contributed by atoms with Crippen LogP contribution in [0.15, 0.2) is 54.6 Å². The van der Waals surface area contributed by atoms with E-state index in [1.807, 2.05) is 54.6 Å². The molecule has 0 radical (unpaired) electrons. The Balaban J connectivity index is 1.65. The quantitative estimate of drug-likeness (QED) is 0.727. The molecule has 2 aromatic rings. The molecule has 0 unspecified atom stereocenters. The number of amides is 3. The second-order valence-electron chi connectivity index (χ2n) is 6.39. The Kier molecular flexibility index (Phi) is 5.31. The monoisotopic (exact) mass is 351 g/mol. The van der Waals surface area contributed by atoms with E-state index in [9.17, 15) is 14.4 Å². The highest BCUT2D eigenvalue weighted by molar-refractivity contribution is 5.93. The normalized spacial score (nSPS) is 17.4. The summed E-state index contributed by atoms with van der Waals surface area (Å²) >= 11 is 0. The van der Waals surface area contributed by atoms with E-state index >= 15 is 0 Å². The van der Waals surface area contributed by atoms with Gasteiger partial charge >= 0.3 is 0 Å². The van der Waals surface area contributed by atoms with Crippen LogP contribution in [0.1, 0.15) is 18.4 Å². The van der Waals surface area contributed by atoms with Crippen LogP contribution in [-0.2, 0) is 20.8 Å². The van der Waals surface area contributed by atoms with E-state index in [-0.39, 0.29) is 11.8 Å². The molecule has 2 atom stereocenters. The number of hydrogen-bond donors (Lipinski definition) is 3. The van der Waals surface area contributed by atoms with Gasteiger partial charge in [-0.15, -0.1) is 0 Å². The van der Waals surface area contributed by atoms with Gasteiger partial charge in [-0.1, -0.05) is 54.6 Å². The van der Waals surface area contributed by atoms with Crippen molar-refractivity contribution >= 4 is 17.7 Å². The van der Waals surface area contributed by atoms with Crippen LogP contribution >= 0.6 is 0 Å². The maximum Gasteiger partial charge on any atom is 0.243 e. The second kappa shape index (κ2) is 7.82. The van der Waals surface area contributed by atoms with E-state index < -0.39 is 18.0 Å². The van der Waals surface area contributed by atoms with Crippen molar-refractivity contribution in [1.82, 2.24) is 10.6 Å². The molecule has 1 fully saturated rings. The highest BCUT2D eigenvalue weighted by Gasteiger charge is 2.29. The molecule has 0 spiro atoms. The van der Waals surface area contributed by atoms with Crippen molar-refractivity contribution in [2.24, 2.45) is 5.73 Å². The Morgan fingerprint density at radius 1 is 1.08 bits per heavy atom. The molecule has 4 N–H and O–H groups in total. The van der Waals surface area contributed by atoms with Crippen molar-refractivity contribution in [3.05, 3.63) is 60.2 Å². The molecule has 1 aliphatic heterocycles. The highest BCUT2D eigenvalue weighted by atomic mass is 16.2. The number of rotatable bonds is 6. The van der Waals surface area contributed by atoms with Gasteiger partial charge in [-0.3, -0.25) is 14.4 Å². The summed E-state index contributed by atoms with van der Waals surface area (Å²) in [6.45, 7) is 0. The lowest BCUT2D eigenvalue weighted by Gasteiger charge is -2.18. The molecule has 0 aromatic heterocycles. The average Bonchev–Trinajstić information content (AvgIpc) is 3.09. The molecule has 3 rings (SSSR count). The molecule has 134 valence electrons. The molecule has 2 aromatic carbocycles. The maximum atomic E-state index is 12.2. The molecule has 3 amide bonds. The van der Waals surface area contributed by atoms with Gasteiger partial charge in [0.1, 0.15) is 12.1 Å². The lowest BCUT2D eigenvalue weighted by Crippen LogP contribution is -2.51. The SMILES string of the molecule is NC(=O)[C@H](Cc1ccc(-c2ccccc2)cc1)NC(=O)[C@@H]1CCC(=O)N1. The van der Waals surface area contributed by atoms with Gasteiger partial charge in [-0.2, -0.15) is 0 Å². The Labute approximate surface area is 151 Å². The second-order valence-corrected chi connectivity index (χ2v) is 6.39. The first-order chi connectivity index (χ1) is 12.5. The van der Waals surface area contributed by atoms with Gasteiger partial charge in [0.2, 0.25) is 17.7 Å². The van der Waals surface area contributed by atoms with Gasteiger partial charge in [0.15, 0.2) is 0 Å². The zero-order valence-electron chi connectivity index (χ0n) is 14.3. The first-order valence-corrected chi connectivity index (χ1v) is 8.56. The first kappa shape index (κ1) is 17.7. The van der Waals surface area contributed by atoms with Crippen LogP contribution in [0.25, 0.3) is 11.1 Å². The number of carbonyl (C=O) groups is 3. The number of benzene rings is 2. The molecule has 0 saturated carbocycles. The Morgan fingerprint density at radius 3 is 2.31 bits per heavy atom. The largest absolute Gasteiger partial charge is 0.368 e. The third-order valence-corrected chi connectivity index (χ3v) is 4.47. The summed E-state index contributed by atoms with van der Waals surface area (Å²) in [4.78, 5) is 35.2. The van der Waals surface area contributed by atoms with E-state index in [4.69, 9.17) is 5.73 Å². The van der Waals surface area contributed by atoms with Crippen molar-refractivity contribution in [3.63, 3.8) is 0 Å². The molecular formula is C20H21N3O3. The number of primary amides is 1. The number of nitrogens with one attached hydrogen (secondary N) is 2. The van der Waals surface area contributed by atoms with Gasteiger partial charge in [0, 0.05) is 12.8 Å². The number of carbonyl (C=O) groups excluding carboxylic acids is 3. The molecule has 1 saturated heterocycles. The topological polar surface area (TPSA) is 101 Å². The maximum absolute atomic E-state index is 12.2. The minimum absolute atomic E-state index is 0.155. The van der Waals surface area contributed by atoms with Gasteiger partial charge in [-0.05, 0) is 23.1 Å². The minimum atomic E-state index is -0.817. The fourth-order valence-corrected chi connectivity index (χ4v) is 3.01. The van der Waals surface area contributed by atoms with E-state index in [1.165, 1.54) is 0 Å². The van der Waals surface area contributed by atoms with E-state index in [1.54, 1.807) is 0 Å². The summed E-state index contributed by atoms with van der Waals surface area (Å²) in [6.07, 6.45) is 1.05. The minimum Gasteiger partial charge on any atom is -0.368 e. The van der Waals surface area contributed by atoms with Gasteiger partial charge in [0.25, 0.3) is 0 Å². The summed E-state index contributed by atoms with van der Waals surface area (Å²) in [5, 5.41) is 5.23. The van der Waals surface area contributed by atoms with Crippen molar-refractivity contribution in [2.45, 2.75) is 31.3 Å². The molecule has 6 heteroatoms. The summed E-state index contributed by atoms with van der Waals surface area (Å²) in [7, 11) is 0. The fourth-order valence-electron chi connectivity index (χ4n) is 3.01. The van der Waals surface area contributed by atoms with Crippen LogP contribution in [0, 0.1) is 0 Å². The first-order valence-electron chi connectivity index (χ1n) is 8.56. The molecule has 1 heterocycles. The molecule has 0 bridgehead atoms. The Morgan fingerprint density at radius 2 is 1.73 bits per heavy atom. The van der Waals surface area contributed by atoms with Gasteiger partial charge in [-0.25, -0.2) is 0 Å². The van der Waals surface area contributed by atoms with Crippen molar-refractivity contribution in [1.29, 1.82) is 0 Å². The number of nitrogens with two attached hydrogens (primary N) is 1. The highest BCUT2D eigenvalue weighted by Crippen LogP contribution is 2.19. The number of hydrogen-bond acceptors (Lipinski definition) is 3. The summed E-state index contributed by atoms with van der Waals surface area (Å²) in [6, 6.07) is 16.3. The smallest absolute Gasteiger partial charge is 0.243 e. The predicted octanol–water partition coefficient (Wildman–Crippen LogP) is 1.14. The summed E-state index contributed by atoms with van der Waals surface area (Å²) < 4.78 is 0. The van der Waals surface area contributed by atoms with Crippen LogP contribution in [-0.4, -0.2) is 29.8 Å². The van der Waals surface area contributed by atoms with Crippen molar-refractivity contribution in [3.8, 4) is 11.1 Å². The van der Waals surface area contributed by atoms with Crippen LogP contribution in [0.5, 0.6) is 0 Å². The molecule has 1 aliphatic rings. The Bertz CT molecular complexity index is 803. The molecule has 26 heavy (non-hydrogen) atoms. The third kappa shape index (κ3) is 4.27. The zero-order valence-corrected chi connectivity index (χ0v) is 14.3. The van der Waals surface area contributed by atoms with Crippen molar-refractivity contribution in [2.75, 3.05) is 0 Å². The van der Waals surface area contributed by atoms with Crippen LogP contribution in [0.2, 0.25) is 0 Å². The van der Waals surface area contributed by atoms with Crippen LogP contribution in [0.4, 0.5) is 0 Å². The molecular weight excluding hydrogens is 330 g/mol. The van der Waals surface area contributed by atoms with Crippen LogP contribution < -0.4 is 16.4 Å². The molecule has 6 nitrogen and oxygen atoms in total. The van der Waals surface area contributed by atoms with E-state index in [0.29, 0.717) is 19.3 Å². The standard InChI is InChI=1S/C20H21N3O3/c21-19(25)17(23-20(26)16-10-11-18(24)22-16)12-13-6-8-15(9-7-13)14-4-2-1-3-5-14/h1-9,16-17H,10-12H2,(H2,21,25)(H,22,24)(H,23,26)/t16-,17-/m0/s1. The van der Waals surface area contributed by atoms with E-state index in [2.05, 4.69) is 10.6 Å². The van der Waals surface area contributed by atoms with Gasteiger partial charge < -0.3 is 16.4 Å². The third-order valence-electron chi connectivity index (χ3n) is 4.47. The van der Waals surface area contributed by atoms with Gasteiger partial charge in [0.05, 0.1) is 0 Å². The van der Waals surface area contributed by atoms with Crippen molar-refractivity contribution < 1.29 is 14.4 Å². The van der Waals surface area contributed by atoms with E-state index in [0.717, 1.165) is 16.7 Å². The lowest BCUT2D eigenvalue weighted by atomic mass is 10.00. The molecule has 0 aliphatic carbocycles. The zero-order chi connectivity index (χ0) is 18.5.